The summed E-state index contributed by atoms with van der Waals surface area (Å²) in [7, 11) is 0. The molecule has 0 aliphatic carbocycles. The Bertz CT molecular complexity index is 1450. The van der Waals surface area contributed by atoms with Gasteiger partial charge in [-0.3, -0.25) is 4.79 Å². The molecule has 0 radical (unpaired) electrons. The summed E-state index contributed by atoms with van der Waals surface area (Å²) in [5, 5.41) is 4.87. The number of halogens is 2. The molecule has 0 unspecified atom stereocenters. The molecule has 0 amide bonds. The van der Waals surface area contributed by atoms with Gasteiger partial charge >= 0.3 is 0 Å². The molecule has 0 bridgehead atoms. The first-order valence-electron chi connectivity index (χ1n) is 8.60. The van der Waals surface area contributed by atoms with Crippen molar-refractivity contribution >= 4 is 34.0 Å². The number of benzene rings is 2. The van der Waals surface area contributed by atoms with Gasteiger partial charge in [-0.05, 0) is 48.5 Å². The average molecular weight is 424 g/mol. The maximum Gasteiger partial charge on any atom is 0.291 e. The molecule has 3 heterocycles. The molecule has 5 nitrogen and oxygen atoms in total. The summed E-state index contributed by atoms with van der Waals surface area (Å²) in [6.07, 6.45) is 1.66. The van der Waals surface area contributed by atoms with Crippen LogP contribution in [0.5, 0.6) is 0 Å². The summed E-state index contributed by atoms with van der Waals surface area (Å²) in [5.74, 6) is 1.23. The van der Waals surface area contributed by atoms with E-state index in [0.29, 0.717) is 37.4 Å². The monoisotopic (exact) mass is 423 g/mol. The Balaban J connectivity index is 1.52. The number of aromatic nitrogens is 3. The lowest BCUT2D eigenvalue weighted by Crippen LogP contribution is -2.23. The van der Waals surface area contributed by atoms with Gasteiger partial charge < -0.3 is 4.42 Å². The third-order valence-corrected chi connectivity index (χ3v) is 5.49. The molecule has 0 N–H and O–H groups in total. The van der Waals surface area contributed by atoms with E-state index in [4.69, 9.17) is 16.0 Å². The van der Waals surface area contributed by atoms with Crippen molar-refractivity contribution in [2.45, 2.75) is 0 Å². The van der Waals surface area contributed by atoms with E-state index in [9.17, 15) is 9.18 Å². The minimum Gasteiger partial charge on any atom is -0.457 e. The summed E-state index contributed by atoms with van der Waals surface area (Å²) in [4.78, 5) is 17.5. The average Bonchev–Trinajstić information content (AvgIpc) is 3.41. The minimum absolute atomic E-state index is 0.286. The van der Waals surface area contributed by atoms with Crippen LogP contribution in [-0.2, 0) is 0 Å². The predicted molar refractivity (Wildman–Crippen MR) is 110 cm³/mol. The Hall–Kier alpha value is -3.29. The summed E-state index contributed by atoms with van der Waals surface area (Å²) in [6.45, 7) is 0. The molecule has 29 heavy (non-hydrogen) atoms. The van der Waals surface area contributed by atoms with Crippen molar-refractivity contribution in [3.63, 3.8) is 0 Å². The van der Waals surface area contributed by atoms with E-state index >= 15 is 0 Å². The largest absolute Gasteiger partial charge is 0.457 e. The zero-order chi connectivity index (χ0) is 20.0. The first-order valence-corrected chi connectivity index (χ1v) is 9.79. The Labute approximate surface area is 172 Å². The molecule has 0 atom stereocenters. The molecule has 5 aromatic rings. The van der Waals surface area contributed by atoms with E-state index in [1.165, 1.54) is 28.0 Å². The number of hydrogen-bond acceptors (Lipinski definition) is 5. The van der Waals surface area contributed by atoms with Gasteiger partial charge in [0.05, 0.1) is 0 Å². The first-order chi connectivity index (χ1) is 14.1. The lowest BCUT2D eigenvalue weighted by Gasteiger charge is -1.96. The summed E-state index contributed by atoms with van der Waals surface area (Å²) < 4.78 is 20.6. The van der Waals surface area contributed by atoms with Gasteiger partial charge in [-0.25, -0.2) is 4.39 Å². The molecule has 0 fully saturated rings. The molecule has 0 saturated heterocycles. The summed E-state index contributed by atoms with van der Waals surface area (Å²) in [6, 6.07) is 16.8. The third-order valence-electron chi connectivity index (χ3n) is 4.29. The fraction of sp³-hybridized carbons (Fsp3) is 0. The van der Waals surface area contributed by atoms with Crippen molar-refractivity contribution in [3.8, 4) is 22.7 Å². The van der Waals surface area contributed by atoms with Crippen LogP contribution in [0.1, 0.15) is 5.76 Å². The SMILES string of the molecule is O=c1/c(=C/c2ccc(-c3cccc(Cl)c3)o2)sc2nc(-c3ccc(F)cc3)nn12. The Morgan fingerprint density at radius 1 is 1.07 bits per heavy atom. The Kier molecular flexibility index (Phi) is 4.26. The molecule has 142 valence electrons. The van der Waals surface area contributed by atoms with Crippen molar-refractivity contribution in [1.82, 2.24) is 14.6 Å². The number of thiazole rings is 1. The number of rotatable bonds is 3. The van der Waals surface area contributed by atoms with Crippen molar-refractivity contribution in [2.24, 2.45) is 0 Å². The van der Waals surface area contributed by atoms with E-state index < -0.39 is 0 Å². The van der Waals surface area contributed by atoms with Crippen LogP contribution in [0.2, 0.25) is 5.02 Å². The van der Waals surface area contributed by atoms with Gasteiger partial charge in [-0.2, -0.15) is 9.50 Å². The fourth-order valence-corrected chi connectivity index (χ4v) is 3.99. The predicted octanol–water partition coefficient (Wildman–Crippen LogP) is 4.42. The standard InChI is InChI=1S/C21H11ClFN3O2S/c22-14-3-1-2-13(10-14)17-9-8-16(28-17)11-18-20(27)26-21(29-18)24-19(25-26)12-4-6-15(23)7-5-12/h1-11H/b18-11-. The van der Waals surface area contributed by atoms with Crippen LogP contribution >= 0.6 is 22.9 Å². The zero-order valence-electron chi connectivity index (χ0n) is 14.7. The molecule has 2 aromatic carbocycles. The molecule has 0 aliphatic rings. The quantitative estimate of drug-likeness (QED) is 0.431. The second kappa shape index (κ2) is 6.95. The van der Waals surface area contributed by atoms with Crippen LogP contribution < -0.4 is 10.1 Å². The molecule has 0 saturated carbocycles. The highest BCUT2D eigenvalue weighted by atomic mass is 35.5. The molecular weight excluding hydrogens is 413 g/mol. The van der Waals surface area contributed by atoms with Crippen LogP contribution in [0.4, 0.5) is 4.39 Å². The fourth-order valence-electron chi connectivity index (χ4n) is 2.91. The summed E-state index contributed by atoms with van der Waals surface area (Å²) in [5.41, 5.74) is 1.21. The maximum atomic E-state index is 13.1. The third kappa shape index (κ3) is 3.35. The van der Waals surface area contributed by atoms with E-state index in [1.54, 1.807) is 30.3 Å². The van der Waals surface area contributed by atoms with Crippen LogP contribution in [0, 0.1) is 5.82 Å². The van der Waals surface area contributed by atoms with Crippen LogP contribution in [-0.4, -0.2) is 14.6 Å². The summed E-state index contributed by atoms with van der Waals surface area (Å²) >= 11 is 7.24. The van der Waals surface area contributed by atoms with E-state index in [-0.39, 0.29) is 11.4 Å². The van der Waals surface area contributed by atoms with Gasteiger partial charge in [0.15, 0.2) is 5.82 Å². The highest BCUT2D eigenvalue weighted by molar-refractivity contribution is 7.15. The first kappa shape index (κ1) is 17.8. The molecular formula is C21H11ClFN3O2S. The number of fused-ring (bicyclic) bond motifs is 1. The van der Waals surface area contributed by atoms with Crippen molar-refractivity contribution < 1.29 is 8.81 Å². The van der Waals surface area contributed by atoms with E-state index in [2.05, 4.69) is 10.1 Å². The number of furan rings is 1. The topological polar surface area (TPSA) is 60.4 Å². The van der Waals surface area contributed by atoms with E-state index in [1.807, 2.05) is 24.3 Å². The van der Waals surface area contributed by atoms with Crippen LogP contribution in [0.15, 0.2) is 69.9 Å². The van der Waals surface area contributed by atoms with Crippen molar-refractivity contribution in [3.05, 3.63) is 92.1 Å². The Morgan fingerprint density at radius 3 is 2.66 bits per heavy atom. The second-order valence-corrected chi connectivity index (χ2v) is 7.71. The maximum absolute atomic E-state index is 13.1. The van der Waals surface area contributed by atoms with Gasteiger partial charge in [0.2, 0.25) is 4.96 Å². The van der Waals surface area contributed by atoms with E-state index in [0.717, 1.165) is 5.56 Å². The molecule has 0 aliphatic heterocycles. The van der Waals surface area contributed by atoms with Gasteiger partial charge in [0.1, 0.15) is 21.9 Å². The molecule has 3 aromatic heterocycles. The zero-order valence-corrected chi connectivity index (χ0v) is 16.2. The van der Waals surface area contributed by atoms with Crippen molar-refractivity contribution in [1.29, 1.82) is 0 Å². The van der Waals surface area contributed by atoms with Crippen molar-refractivity contribution in [2.75, 3.05) is 0 Å². The number of nitrogens with zero attached hydrogens (tertiary/aromatic N) is 3. The highest BCUT2D eigenvalue weighted by Gasteiger charge is 2.12. The normalized spacial score (nSPS) is 12.1. The number of hydrogen-bond donors (Lipinski definition) is 0. The lowest BCUT2D eigenvalue weighted by molar-refractivity contribution is 0.571. The molecule has 8 heteroatoms. The van der Waals surface area contributed by atoms with Gasteiger partial charge in [0.25, 0.3) is 5.56 Å². The molecule has 5 rings (SSSR count). The van der Waals surface area contributed by atoms with Crippen LogP contribution in [0.3, 0.4) is 0 Å². The van der Waals surface area contributed by atoms with Gasteiger partial charge in [-0.1, -0.05) is 35.1 Å². The van der Waals surface area contributed by atoms with Crippen LogP contribution in [0.25, 0.3) is 33.7 Å². The van der Waals surface area contributed by atoms with Gasteiger partial charge in [-0.15, -0.1) is 5.10 Å². The minimum atomic E-state index is -0.341. The second-order valence-electron chi connectivity index (χ2n) is 6.26. The van der Waals surface area contributed by atoms with Gasteiger partial charge in [0, 0.05) is 22.2 Å². The highest BCUT2D eigenvalue weighted by Crippen LogP contribution is 2.25. The molecule has 0 spiro atoms. The lowest BCUT2D eigenvalue weighted by atomic mass is 10.2. The Morgan fingerprint density at radius 2 is 1.90 bits per heavy atom. The smallest absolute Gasteiger partial charge is 0.291 e.